The molecular formula is C10H19N. The summed E-state index contributed by atoms with van der Waals surface area (Å²) >= 11 is 0. The molecular weight excluding hydrogens is 134 g/mol. The zero-order chi connectivity index (χ0) is 8.27. The molecule has 1 heteroatoms. The first-order chi connectivity index (χ1) is 5.25. The van der Waals surface area contributed by atoms with E-state index in [2.05, 4.69) is 26.1 Å². The van der Waals surface area contributed by atoms with Crippen LogP contribution in [-0.4, -0.2) is 13.1 Å². The zero-order valence-corrected chi connectivity index (χ0v) is 7.91. The lowest BCUT2D eigenvalue weighted by atomic mass is 9.91. The molecule has 0 aromatic rings. The molecule has 1 aliphatic heterocycles. The predicted octanol–water partition coefficient (Wildman–Crippen LogP) is 2.34. The third-order valence-corrected chi connectivity index (χ3v) is 2.75. The summed E-state index contributed by atoms with van der Waals surface area (Å²) in [7, 11) is 0. The third kappa shape index (κ3) is 2.06. The molecule has 0 radical (unpaired) electrons. The SMILES string of the molecule is CCC(C)C1=C(C)CCNC1. The van der Waals surface area contributed by atoms with Crippen molar-refractivity contribution in [1.29, 1.82) is 0 Å². The van der Waals surface area contributed by atoms with Gasteiger partial charge in [0, 0.05) is 6.54 Å². The fourth-order valence-electron chi connectivity index (χ4n) is 1.65. The Kier molecular flexibility index (Phi) is 3.13. The molecule has 0 bridgehead atoms. The summed E-state index contributed by atoms with van der Waals surface area (Å²) in [4.78, 5) is 0. The summed E-state index contributed by atoms with van der Waals surface area (Å²) in [6.45, 7) is 9.17. The lowest BCUT2D eigenvalue weighted by Gasteiger charge is -2.23. The van der Waals surface area contributed by atoms with Crippen molar-refractivity contribution in [1.82, 2.24) is 5.32 Å². The van der Waals surface area contributed by atoms with Gasteiger partial charge in [-0.1, -0.05) is 25.0 Å². The molecule has 0 aromatic carbocycles. The average Bonchev–Trinajstić information content (AvgIpc) is 2.04. The maximum atomic E-state index is 3.42. The van der Waals surface area contributed by atoms with Gasteiger partial charge in [-0.05, 0) is 32.2 Å². The van der Waals surface area contributed by atoms with Gasteiger partial charge < -0.3 is 5.32 Å². The van der Waals surface area contributed by atoms with Crippen LogP contribution in [0.15, 0.2) is 11.1 Å². The highest BCUT2D eigenvalue weighted by atomic mass is 14.9. The molecule has 1 heterocycles. The summed E-state index contributed by atoms with van der Waals surface area (Å²) in [6, 6.07) is 0. The second kappa shape index (κ2) is 3.91. The molecule has 0 saturated heterocycles. The Morgan fingerprint density at radius 2 is 2.27 bits per heavy atom. The van der Waals surface area contributed by atoms with Crippen LogP contribution in [0.3, 0.4) is 0 Å². The van der Waals surface area contributed by atoms with Gasteiger partial charge in [0.2, 0.25) is 0 Å². The van der Waals surface area contributed by atoms with E-state index in [1.165, 1.54) is 19.4 Å². The van der Waals surface area contributed by atoms with E-state index in [0.29, 0.717) is 0 Å². The van der Waals surface area contributed by atoms with E-state index < -0.39 is 0 Å². The van der Waals surface area contributed by atoms with Crippen LogP contribution in [0.1, 0.15) is 33.6 Å². The molecule has 64 valence electrons. The van der Waals surface area contributed by atoms with Gasteiger partial charge in [-0.3, -0.25) is 0 Å². The Bertz CT molecular complexity index is 158. The quantitative estimate of drug-likeness (QED) is 0.600. The van der Waals surface area contributed by atoms with E-state index in [1.54, 1.807) is 11.1 Å². The first kappa shape index (κ1) is 8.79. The molecule has 1 unspecified atom stereocenters. The fourth-order valence-corrected chi connectivity index (χ4v) is 1.65. The van der Waals surface area contributed by atoms with Crippen molar-refractivity contribution >= 4 is 0 Å². The van der Waals surface area contributed by atoms with Crippen molar-refractivity contribution in [2.24, 2.45) is 5.92 Å². The lowest BCUT2D eigenvalue weighted by molar-refractivity contribution is 0.565. The van der Waals surface area contributed by atoms with Crippen LogP contribution < -0.4 is 5.32 Å². The zero-order valence-electron chi connectivity index (χ0n) is 7.91. The van der Waals surface area contributed by atoms with Gasteiger partial charge in [0.15, 0.2) is 0 Å². The molecule has 1 aliphatic rings. The Morgan fingerprint density at radius 3 is 2.82 bits per heavy atom. The second-order valence-corrected chi connectivity index (χ2v) is 3.54. The third-order valence-electron chi connectivity index (χ3n) is 2.75. The van der Waals surface area contributed by atoms with Crippen molar-refractivity contribution in [3.8, 4) is 0 Å². The van der Waals surface area contributed by atoms with Crippen molar-refractivity contribution < 1.29 is 0 Å². The highest BCUT2D eigenvalue weighted by Gasteiger charge is 2.12. The molecule has 0 saturated carbocycles. The summed E-state index contributed by atoms with van der Waals surface area (Å²) in [5, 5.41) is 3.42. The van der Waals surface area contributed by atoms with Crippen LogP contribution in [-0.2, 0) is 0 Å². The van der Waals surface area contributed by atoms with Crippen LogP contribution >= 0.6 is 0 Å². The molecule has 1 atom stereocenters. The minimum atomic E-state index is 0.780. The molecule has 1 N–H and O–H groups in total. The van der Waals surface area contributed by atoms with Crippen LogP contribution in [0.4, 0.5) is 0 Å². The first-order valence-corrected chi connectivity index (χ1v) is 4.65. The molecule has 1 rings (SSSR count). The number of rotatable bonds is 2. The Hall–Kier alpha value is -0.300. The minimum Gasteiger partial charge on any atom is -0.313 e. The predicted molar refractivity (Wildman–Crippen MR) is 49.6 cm³/mol. The lowest BCUT2D eigenvalue weighted by Crippen LogP contribution is -2.27. The Labute approximate surface area is 69.9 Å². The summed E-state index contributed by atoms with van der Waals surface area (Å²) < 4.78 is 0. The summed E-state index contributed by atoms with van der Waals surface area (Å²) in [5.41, 5.74) is 3.27. The van der Waals surface area contributed by atoms with Crippen molar-refractivity contribution in [2.45, 2.75) is 33.6 Å². The van der Waals surface area contributed by atoms with Gasteiger partial charge in [0.1, 0.15) is 0 Å². The number of nitrogens with one attached hydrogen (secondary N) is 1. The van der Waals surface area contributed by atoms with E-state index in [-0.39, 0.29) is 0 Å². The monoisotopic (exact) mass is 153 g/mol. The van der Waals surface area contributed by atoms with E-state index in [0.717, 1.165) is 12.5 Å². The van der Waals surface area contributed by atoms with E-state index >= 15 is 0 Å². The minimum absolute atomic E-state index is 0.780. The number of hydrogen-bond acceptors (Lipinski definition) is 1. The topological polar surface area (TPSA) is 12.0 Å². The maximum Gasteiger partial charge on any atom is 0.0170 e. The highest BCUT2D eigenvalue weighted by Crippen LogP contribution is 2.21. The maximum absolute atomic E-state index is 3.42. The van der Waals surface area contributed by atoms with Gasteiger partial charge in [-0.25, -0.2) is 0 Å². The smallest absolute Gasteiger partial charge is 0.0170 e. The molecule has 0 aliphatic carbocycles. The van der Waals surface area contributed by atoms with Gasteiger partial charge >= 0.3 is 0 Å². The molecule has 0 amide bonds. The van der Waals surface area contributed by atoms with Crippen molar-refractivity contribution in [3.05, 3.63) is 11.1 Å². The van der Waals surface area contributed by atoms with Gasteiger partial charge in [0.25, 0.3) is 0 Å². The largest absolute Gasteiger partial charge is 0.313 e. The van der Waals surface area contributed by atoms with E-state index in [1.807, 2.05) is 0 Å². The van der Waals surface area contributed by atoms with Gasteiger partial charge in [-0.2, -0.15) is 0 Å². The normalized spacial score (nSPS) is 22.1. The highest BCUT2D eigenvalue weighted by molar-refractivity contribution is 5.18. The standard InChI is InChI=1S/C10H19N/c1-4-8(2)10-7-11-6-5-9(10)3/h8,11H,4-7H2,1-3H3. The number of hydrogen-bond donors (Lipinski definition) is 1. The van der Waals surface area contributed by atoms with Crippen LogP contribution in [0.2, 0.25) is 0 Å². The molecule has 0 aromatic heterocycles. The summed E-state index contributed by atoms with van der Waals surface area (Å²) in [5.74, 6) is 0.780. The van der Waals surface area contributed by atoms with Gasteiger partial charge in [-0.15, -0.1) is 0 Å². The van der Waals surface area contributed by atoms with Gasteiger partial charge in [0.05, 0.1) is 0 Å². The summed E-state index contributed by atoms with van der Waals surface area (Å²) in [6.07, 6.45) is 2.52. The van der Waals surface area contributed by atoms with E-state index in [9.17, 15) is 0 Å². The molecule has 0 fully saturated rings. The fraction of sp³-hybridized carbons (Fsp3) is 0.800. The first-order valence-electron chi connectivity index (χ1n) is 4.65. The van der Waals surface area contributed by atoms with Crippen molar-refractivity contribution in [2.75, 3.05) is 13.1 Å². The van der Waals surface area contributed by atoms with E-state index in [4.69, 9.17) is 0 Å². The molecule has 1 nitrogen and oxygen atoms in total. The molecule has 11 heavy (non-hydrogen) atoms. The van der Waals surface area contributed by atoms with Crippen LogP contribution in [0.5, 0.6) is 0 Å². The van der Waals surface area contributed by atoms with Crippen molar-refractivity contribution in [3.63, 3.8) is 0 Å². The Morgan fingerprint density at radius 1 is 1.55 bits per heavy atom. The average molecular weight is 153 g/mol. The van der Waals surface area contributed by atoms with Crippen LogP contribution in [0, 0.1) is 5.92 Å². The van der Waals surface area contributed by atoms with Crippen LogP contribution in [0.25, 0.3) is 0 Å². The molecule has 0 spiro atoms. The second-order valence-electron chi connectivity index (χ2n) is 3.54. The Balaban J connectivity index is 2.65.